The first-order chi connectivity index (χ1) is 16.2. The lowest BCUT2D eigenvalue weighted by Crippen LogP contribution is -2.47. The number of benzene rings is 1. The zero-order chi connectivity index (χ0) is 22.6. The van der Waals surface area contributed by atoms with Crippen molar-refractivity contribution in [3.63, 3.8) is 0 Å². The maximum atomic E-state index is 10.9. The Morgan fingerprint density at radius 3 is 1.29 bits per heavy atom. The fourth-order valence-corrected chi connectivity index (χ4v) is 4.91. The van der Waals surface area contributed by atoms with Crippen LogP contribution in [0.1, 0.15) is 44.2 Å². The van der Waals surface area contributed by atoms with Crippen LogP contribution in [0.4, 0.5) is 29.2 Å². The summed E-state index contributed by atoms with van der Waals surface area (Å²) in [6.45, 7) is 7.30. The van der Waals surface area contributed by atoms with Crippen LogP contribution >= 0.6 is 12.4 Å². The minimum Gasteiger partial charge on any atom is -0.368 e. The van der Waals surface area contributed by atoms with Crippen molar-refractivity contribution >= 4 is 41.6 Å². The summed E-state index contributed by atoms with van der Waals surface area (Å²) in [5, 5.41) is 10.9. The molecule has 0 spiro atoms. The molecule has 0 bridgehead atoms. The fraction of sp³-hybridized carbons (Fsp3) is 0.609. The number of anilines is 4. The van der Waals surface area contributed by atoms with Gasteiger partial charge in [-0.15, -0.1) is 12.4 Å². The summed E-state index contributed by atoms with van der Waals surface area (Å²) < 4.78 is 0. The van der Waals surface area contributed by atoms with Gasteiger partial charge in [-0.1, -0.05) is 0 Å². The number of piperidine rings is 2. The van der Waals surface area contributed by atoms with Gasteiger partial charge in [0, 0.05) is 75.9 Å². The molecule has 1 aromatic carbocycles. The predicted molar refractivity (Wildman–Crippen MR) is 165 cm³/mol. The number of nitro benzene ring substituents is 1. The van der Waals surface area contributed by atoms with Crippen LogP contribution < -0.4 is 44.2 Å². The Kier molecular flexibility index (Phi) is 14.8. The van der Waals surface area contributed by atoms with Crippen molar-refractivity contribution in [1.29, 1.82) is 0 Å². The van der Waals surface area contributed by atoms with E-state index in [1.165, 1.54) is 38.5 Å². The molecule has 3 fully saturated rings. The van der Waals surface area contributed by atoms with Gasteiger partial charge >= 0.3 is 0 Å². The molecule has 2 aromatic rings. The molecular weight excluding hydrogens is 512 g/mol. The SMILES string of the molecule is Cl.N.N.N.N.O=[N+]([O-])c1ccc(N2CCN(c3nc(N4CCCCC4)nc(N4CCCCC4)n3)CC2)cc1.[HH].[HH].[HH].[HH]. The summed E-state index contributed by atoms with van der Waals surface area (Å²) in [5.74, 6) is 2.41. The minimum absolute atomic E-state index is 0. The number of nitrogens with zero attached hydrogens (tertiary/aromatic N) is 8. The molecule has 0 radical (unpaired) electrons. The molecular formula is C23H53ClN12O2. The average molecular weight is 565 g/mol. The summed E-state index contributed by atoms with van der Waals surface area (Å²) in [6, 6.07) is 6.81. The highest BCUT2D eigenvalue weighted by molar-refractivity contribution is 5.85. The van der Waals surface area contributed by atoms with Crippen molar-refractivity contribution in [3.8, 4) is 0 Å². The highest BCUT2D eigenvalue weighted by Crippen LogP contribution is 2.26. The lowest BCUT2D eigenvalue weighted by molar-refractivity contribution is -0.384. The van der Waals surface area contributed by atoms with E-state index in [2.05, 4.69) is 19.6 Å². The Morgan fingerprint density at radius 2 is 0.921 bits per heavy atom. The normalized spacial score (nSPS) is 17.1. The van der Waals surface area contributed by atoms with Crippen LogP contribution in [0.25, 0.3) is 0 Å². The van der Waals surface area contributed by atoms with E-state index in [1.54, 1.807) is 12.1 Å². The van der Waals surface area contributed by atoms with E-state index in [0.717, 1.165) is 75.9 Å². The van der Waals surface area contributed by atoms with Gasteiger partial charge in [0.25, 0.3) is 5.69 Å². The lowest BCUT2D eigenvalue weighted by Gasteiger charge is -2.37. The maximum Gasteiger partial charge on any atom is 0.269 e. The molecule has 0 unspecified atom stereocenters. The first-order valence-corrected chi connectivity index (χ1v) is 12.2. The van der Waals surface area contributed by atoms with Crippen molar-refractivity contribution in [2.75, 3.05) is 72.0 Å². The van der Waals surface area contributed by atoms with Gasteiger partial charge in [0.2, 0.25) is 17.8 Å². The van der Waals surface area contributed by atoms with E-state index in [-0.39, 0.29) is 53.3 Å². The van der Waals surface area contributed by atoms with Crippen LogP contribution in [-0.4, -0.2) is 72.2 Å². The molecule has 0 saturated carbocycles. The smallest absolute Gasteiger partial charge is 0.269 e. The van der Waals surface area contributed by atoms with Crippen LogP contribution in [0.5, 0.6) is 0 Å². The van der Waals surface area contributed by atoms with Crippen LogP contribution in [0.3, 0.4) is 0 Å². The number of halogens is 1. The Bertz CT molecular complexity index is 946. The maximum absolute atomic E-state index is 10.9. The Labute approximate surface area is 237 Å². The van der Waals surface area contributed by atoms with Crippen LogP contribution in [0, 0.1) is 10.1 Å². The number of nitro groups is 1. The molecule has 12 N–H and O–H groups in total. The van der Waals surface area contributed by atoms with E-state index >= 15 is 0 Å². The molecule has 3 saturated heterocycles. The number of hydrogen-bond acceptors (Lipinski definition) is 13. The third-order valence-corrected chi connectivity index (χ3v) is 6.87. The second-order valence-electron chi connectivity index (χ2n) is 9.08. The summed E-state index contributed by atoms with van der Waals surface area (Å²) in [6.07, 6.45) is 7.31. The van der Waals surface area contributed by atoms with Gasteiger partial charge < -0.3 is 44.2 Å². The number of piperazine rings is 1. The van der Waals surface area contributed by atoms with Crippen LogP contribution in [0.15, 0.2) is 24.3 Å². The van der Waals surface area contributed by atoms with E-state index < -0.39 is 0 Å². The molecule has 5 rings (SSSR count). The van der Waals surface area contributed by atoms with E-state index in [4.69, 9.17) is 15.0 Å². The first kappa shape index (κ1) is 35.0. The number of aromatic nitrogens is 3. The topological polar surface area (TPSA) is 235 Å². The highest BCUT2D eigenvalue weighted by Gasteiger charge is 2.25. The molecule has 3 aliphatic rings. The summed E-state index contributed by atoms with van der Waals surface area (Å²) >= 11 is 0. The van der Waals surface area contributed by atoms with Crippen LogP contribution in [-0.2, 0) is 0 Å². The second kappa shape index (κ2) is 16.0. The third-order valence-electron chi connectivity index (χ3n) is 6.87. The number of hydrogen-bond donors (Lipinski definition) is 4. The zero-order valence-corrected chi connectivity index (χ0v) is 23.2. The van der Waals surface area contributed by atoms with Crippen molar-refractivity contribution in [1.82, 2.24) is 39.6 Å². The molecule has 0 atom stereocenters. The number of non-ortho nitro benzene ring substituents is 1. The quantitative estimate of drug-likeness (QED) is 0.272. The molecule has 224 valence electrons. The molecule has 15 heteroatoms. The molecule has 1 aromatic heterocycles. The Morgan fingerprint density at radius 1 is 0.579 bits per heavy atom. The van der Waals surface area contributed by atoms with Gasteiger partial charge in [-0.05, 0) is 50.7 Å². The highest BCUT2D eigenvalue weighted by atomic mass is 35.5. The molecule has 0 amide bonds. The average Bonchev–Trinajstić information content (AvgIpc) is 2.89. The predicted octanol–water partition coefficient (Wildman–Crippen LogP) is 5.14. The summed E-state index contributed by atoms with van der Waals surface area (Å²) in [4.78, 5) is 34.4. The number of rotatable bonds is 5. The van der Waals surface area contributed by atoms with Gasteiger partial charge in [0.1, 0.15) is 0 Å². The molecule has 14 nitrogen and oxygen atoms in total. The summed E-state index contributed by atoms with van der Waals surface area (Å²) in [5.41, 5.74) is 1.14. The van der Waals surface area contributed by atoms with Crippen LogP contribution in [0.2, 0.25) is 0 Å². The molecule has 3 aliphatic heterocycles. The minimum atomic E-state index is -0.359. The second-order valence-corrected chi connectivity index (χ2v) is 9.08. The summed E-state index contributed by atoms with van der Waals surface area (Å²) in [7, 11) is 0. The van der Waals surface area contributed by atoms with Gasteiger partial charge in [0.05, 0.1) is 4.92 Å². The van der Waals surface area contributed by atoms with Gasteiger partial charge in [0.15, 0.2) is 0 Å². The van der Waals surface area contributed by atoms with Crippen molar-refractivity contribution < 1.29 is 10.6 Å². The standard InChI is InChI=1S/C23H32N8O2.ClH.4H3N.4H2/c32-31(33)20-9-7-19(8-10-20)27-15-17-30(18-16-27)23-25-21(28-11-3-1-4-12-28)24-22(26-23)29-13-5-2-6-14-29;;;;;;;;;/h7-10H,1-6,11-18H2;1H;4*1H3;4*1H. The van der Waals surface area contributed by atoms with Crippen molar-refractivity contribution in [3.05, 3.63) is 34.4 Å². The van der Waals surface area contributed by atoms with E-state index in [9.17, 15) is 10.1 Å². The lowest BCUT2D eigenvalue weighted by atomic mass is 10.1. The van der Waals surface area contributed by atoms with Gasteiger partial charge in [-0.25, -0.2) is 0 Å². The van der Waals surface area contributed by atoms with E-state index in [0.29, 0.717) is 0 Å². The Balaban J connectivity index is -0.000000507. The monoisotopic (exact) mass is 564 g/mol. The fourth-order valence-electron chi connectivity index (χ4n) is 4.91. The van der Waals surface area contributed by atoms with Crippen molar-refractivity contribution in [2.45, 2.75) is 38.5 Å². The van der Waals surface area contributed by atoms with Gasteiger partial charge in [-0.2, -0.15) is 15.0 Å². The van der Waals surface area contributed by atoms with E-state index in [1.807, 2.05) is 12.1 Å². The van der Waals surface area contributed by atoms with Gasteiger partial charge in [-0.3, -0.25) is 10.1 Å². The Hall–Kier alpha value is -3.04. The van der Waals surface area contributed by atoms with Crippen molar-refractivity contribution in [2.24, 2.45) is 0 Å². The molecule has 38 heavy (non-hydrogen) atoms. The molecule has 4 heterocycles. The zero-order valence-electron chi connectivity index (χ0n) is 22.3. The third kappa shape index (κ3) is 7.98. The largest absolute Gasteiger partial charge is 0.368 e. The molecule has 0 aliphatic carbocycles. The first-order valence-electron chi connectivity index (χ1n) is 12.2.